The summed E-state index contributed by atoms with van der Waals surface area (Å²) >= 11 is 0. The highest BCUT2D eigenvalue weighted by atomic mass is 16.2. The molecule has 2 aromatic rings. The predicted octanol–water partition coefficient (Wildman–Crippen LogP) is 3.13. The zero-order chi connectivity index (χ0) is 12.8. The van der Waals surface area contributed by atoms with Crippen LogP contribution in [0.1, 0.15) is 24.4 Å². The smallest absolute Gasteiger partial charge is 0.0431 e. The normalized spacial score (nSPS) is 12.3. The number of benzene rings is 2. The second-order valence-electron chi connectivity index (χ2n) is 4.46. The number of aliphatic hydroxyl groups is 1. The van der Waals surface area contributed by atoms with E-state index in [4.69, 9.17) is 10.8 Å². The fourth-order valence-electron chi connectivity index (χ4n) is 2.03. The van der Waals surface area contributed by atoms with Gasteiger partial charge in [-0.05, 0) is 29.5 Å². The maximum absolute atomic E-state index is 8.80. The zero-order valence-corrected chi connectivity index (χ0v) is 10.4. The molecule has 2 nitrogen and oxygen atoms in total. The van der Waals surface area contributed by atoms with Crippen LogP contribution in [-0.2, 0) is 0 Å². The van der Waals surface area contributed by atoms with Gasteiger partial charge in [0.2, 0.25) is 0 Å². The summed E-state index contributed by atoms with van der Waals surface area (Å²) in [6, 6.07) is 18.7. The Labute approximate surface area is 108 Å². The molecule has 0 aliphatic carbocycles. The first-order valence-electron chi connectivity index (χ1n) is 6.33. The van der Waals surface area contributed by atoms with Gasteiger partial charge < -0.3 is 10.8 Å². The number of aliphatic hydroxyl groups excluding tert-OH is 1. The van der Waals surface area contributed by atoms with E-state index in [1.165, 1.54) is 11.1 Å². The molecule has 3 N–H and O–H groups in total. The van der Waals surface area contributed by atoms with Crippen LogP contribution in [0.15, 0.2) is 54.6 Å². The molecular formula is C16H19NO. The van der Waals surface area contributed by atoms with Crippen molar-refractivity contribution in [2.45, 2.75) is 18.9 Å². The van der Waals surface area contributed by atoms with Crippen LogP contribution in [0.2, 0.25) is 0 Å². The van der Waals surface area contributed by atoms with Gasteiger partial charge in [0.15, 0.2) is 0 Å². The van der Waals surface area contributed by atoms with Crippen LogP contribution in [0.4, 0.5) is 0 Å². The van der Waals surface area contributed by atoms with E-state index < -0.39 is 0 Å². The van der Waals surface area contributed by atoms with Gasteiger partial charge in [0.05, 0.1) is 0 Å². The van der Waals surface area contributed by atoms with Crippen molar-refractivity contribution >= 4 is 0 Å². The fourth-order valence-corrected chi connectivity index (χ4v) is 2.03. The molecule has 0 saturated heterocycles. The average molecular weight is 241 g/mol. The van der Waals surface area contributed by atoms with Crippen LogP contribution < -0.4 is 5.73 Å². The first kappa shape index (κ1) is 12.8. The molecule has 2 rings (SSSR count). The summed E-state index contributed by atoms with van der Waals surface area (Å²) in [6.07, 6.45) is 1.57. The largest absolute Gasteiger partial charge is 0.396 e. The van der Waals surface area contributed by atoms with E-state index in [0.29, 0.717) is 0 Å². The molecule has 0 spiro atoms. The molecule has 18 heavy (non-hydrogen) atoms. The van der Waals surface area contributed by atoms with E-state index in [-0.39, 0.29) is 12.6 Å². The van der Waals surface area contributed by atoms with Crippen molar-refractivity contribution in [2.24, 2.45) is 5.73 Å². The summed E-state index contributed by atoms with van der Waals surface area (Å²) in [6.45, 7) is 0.204. The maximum Gasteiger partial charge on any atom is 0.0431 e. The number of hydrogen-bond acceptors (Lipinski definition) is 2. The van der Waals surface area contributed by atoms with Crippen molar-refractivity contribution in [3.8, 4) is 11.1 Å². The van der Waals surface area contributed by atoms with E-state index in [1.54, 1.807) is 0 Å². The molecular weight excluding hydrogens is 222 g/mol. The molecule has 0 aliphatic rings. The standard InChI is InChI=1S/C16H19NO/c17-16(7-4-12-18)15-10-8-14(9-11-15)13-5-2-1-3-6-13/h1-3,5-6,8-11,16,18H,4,7,12,17H2/t16-/m1/s1. The SMILES string of the molecule is N[C@H](CCCO)c1ccc(-c2ccccc2)cc1. The Morgan fingerprint density at radius 1 is 0.889 bits per heavy atom. The third-order valence-electron chi connectivity index (χ3n) is 3.12. The Hall–Kier alpha value is -1.64. The Kier molecular flexibility index (Phi) is 4.51. The van der Waals surface area contributed by atoms with E-state index in [2.05, 4.69) is 36.4 Å². The molecule has 0 unspecified atom stereocenters. The lowest BCUT2D eigenvalue weighted by molar-refractivity contribution is 0.280. The van der Waals surface area contributed by atoms with Gasteiger partial charge in [-0.1, -0.05) is 54.6 Å². The summed E-state index contributed by atoms with van der Waals surface area (Å²) in [5, 5.41) is 8.80. The topological polar surface area (TPSA) is 46.2 Å². The lowest BCUT2D eigenvalue weighted by atomic mass is 9.99. The summed E-state index contributed by atoms with van der Waals surface area (Å²) in [4.78, 5) is 0. The highest BCUT2D eigenvalue weighted by Crippen LogP contribution is 2.22. The first-order valence-corrected chi connectivity index (χ1v) is 6.33. The Bertz CT molecular complexity index is 464. The maximum atomic E-state index is 8.80. The molecule has 1 atom stereocenters. The molecule has 0 saturated carbocycles. The van der Waals surface area contributed by atoms with Crippen LogP contribution >= 0.6 is 0 Å². The van der Waals surface area contributed by atoms with Crippen LogP contribution in [0.25, 0.3) is 11.1 Å². The third-order valence-corrected chi connectivity index (χ3v) is 3.12. The minimum absolute atomic E-state index is 0.0157. The van der Waals surface area contributed by atoms with Gasteiger partial charge in [0, 0.05) is 12.6 Å². The lowest BCUT2D eigenvalue weighted by Crippen LogP contribution is -2.10. The van der Waals surface area contributed by atoms with Gasteiger partial charge >= 0.3 is 0 Å². The van der Waals surface area contributed by atoms with Gasteiger partial charge in [0.1, 0.15) is 0 Å². The van der Waals surface area contributed by atoms with Crippen LogP contribution in [0.5, 0.6) is 0 Å². The highest BCUT2D eigenvalue weighted by molar-refractivity contribution is 5.63. The summed E-state index contributed by atoms with van der Waals surface area (Å²) < 4.78 is 0. The second-order valence-corrected chi connectivity index (χ2v) is 4.46. The zero-order valence-electron chi connectivity index (χ0n) is 10.4. The van der Waals surface area contributed by atoms with Gasteiger partial charge in [-0.25, -0.2) is 0 Å². The number of nitrogens with two attached hydrogens (primary N) is 1. The Balaban J connectivity index is 2.10. The molecule has 0 aromatic heterocycles. The van der Waals surface area contributed by atoms with Gasteiger partial charge in [-0.15, -0.1) is 0 Å². The van der Waals surface area contributed by atoms with E-state index in [9.17, 15) is 0 Å². The monoisotopic (exact) mass is 241 g/mol. The quantitative estimate of drug-likeness (QED) is 0.844. The minimum Gasteiger partial charge on any atom is -0.396 e. The molecule has 2 heteroatoms. The van der Waals surface area contributed by atoms with Crippen molar-refractivity contribution in [2.75, 3.05) is 6.61 Å². The van der Waals surface area contributed by atoms with Crippen molar-refractivity contribution in [1.82, 2.24) is 0 Å². The summed E-state index contributed by atoms with van der Waals surface area (Å²) in [5.74, 6) is 0. The minimum atomic E-state index is 0.0157. The first-order chi connectivity index (χ1) is 8.81. The van der Waals surface area contributed by atoms with Crippen LogP contribution in [0, 0.1) is 0 Å². The Morgan fingerprint density at radius 3 is 2.11 bits per heavy atom. The number of rotatable bonds is 5. The fraction of sp³-hybridized carbons (Fsp3) is 0.250. The van der Waals surface area contributed by atoms with Crippen molar-refractivity contribution in [3.05, 3.63) is 60.2 Å². The van der Waals surface area contributed by atoms with E-state index in [0.717, 1.165) is 18.4 Å². The second kappa shape index (κ2) is 6.34. The van der Waals surface area contributed by atoms with Crippen molar-refractivity contribution < 1.29 is 5.11 Å². The van der Waals surface area contributed by atoms with Gasteiger partial charge in [0.25, 0.3) is 0 Å². The molecule has 2 aromatic carbocycles. The Morgan fingerprint density at radius 2 is 1.50 bits per heavy atom. The molecule has 0 heterocycles. The van der Waals surface area contributed by atoms with Gasteiger partial charge in [-0.2, -0.15) is 0 Å². The van der Waals surface area contributed by atoms with E-state index >= 15 is 0 Å². The van der Waals surface area contributed by atoms with Crippen molar-refractivity contribution in [1.29, 1.82) is 0 Å². The summed E-state index contributed by atoms with van der Waals surface area (Å²) in [7, 11) is 0. The van der Waals surface area contributed by atoms with E-state index in [1.807, 2.05) is 18.2 Å². The molecule has 0 fully saturated rings. The molecule has 0 bridgehead atoms. The average Bonchev–Trinajstić information content (AvgIpc) is 2.46. The lowest BCUT2D eigenvalue weighted by Gasteiger charge is -2.12. The number of hydrogen-bond donors (Lipinski definition) is 2. The highest BCUT2D eigenvalue weighted by Gasteiger charge is 2.05. The molecule has 0 radical (unpaired) electrons. The molecule has 94 valence electrons. The summed E-state index contributed by atoms with van der Waals surface area (Å²) in [5.41, 5.74) is 9.60. The predicted molar refractivity (Wildman–Crippen MR) is 75.1 cm³/mol. The van der Waals surface area contributed by atoms with Crippen LogP contribution in [0.3, 0.4) is 0 Å². The van der Waals surface area contributed by atoms with Crippen molar-refractivity contribution in [3.63, 3.8) is 0 Å². The van der Waals surface area contributed by atoms with Gasteiger partial charge in [-0.3, -0.25) is 0 Å². The van der Waals surface area contributed by atoms with Crippen LogP contribution in [-0.4, -0.2) is 11.7 Å². The molecule has 0 amide bonds. The third kappa shape index (κ3) is 3.19. The molecule has 0 aliphatic heterocycles.